The first kappa shape index (κ1) is 21.5. The normalized spacial score (nSPS) is 11.0. The maximum absolute atomic E-state index is 13.4. The van der Waals surface area contributed by atoms with E-state index in [1.807, 2.05) is 0 Å². The van der Waals surface area contributed by atoms with E-state index in [-0.39, 0.29) is 22.0 Å². The molecular weight excluding hydrogens is 422 g/mol. The van der Waals surface area contributed by atoms with Crippen molar-refractivity contribution in [3.8, 4) is 0 Å². The summed E-state index contributed by atoms with van der Waals surface area (Å²) in [5.74, 6) is -0.117. The molecule has 0 spiro atoms. The average Bonchev–Trinajstić information content (AvgIpc) is 2.72. The summed E-state index contributed by atoms with van der Waals surface area (Å²) in [5.41, 5.74) is 1.36. The molecule has 1 aromatic heterocycles. The summed E-state index contributed by atoms with van der Waals surface area (Å²) in [6.07, 6.45) is 1.48. The lowest BCUT2D eigenvalue weighted by Gasteiger charge is -2.24. The quantitative estimate of drug-likeness (QED) is 0.540. The van der Waals surface area contributed by atoms with Crippen molar-refractivity contribution in [2.75, 3.05) is 16.2 Å². The van der Waals surface area contributed by atoms with Crippen LogP contribution in [-0.4, -0.2) is 25.9 Å². The summed E-state index contributed by atoms with van der Waals surface area (Å²) in [6, 6.07) is 18.0. The van der Waals surface area contributed by atoms with Crippen molar-refractivity contribution in [2.24, 2.45) is 0 Å². The zero-order valence-corrected chi connectivity index (χ0v) is 17.8. The number of carbonyl (C=O) groups is 1. The first-order valence-electron chi connectivity index (χ1n) is 9.06. The van der Waals surface area contributed by atoms with E-state index in [9.17, 15) is 13.2 Å². The molecule has 2 aromatic carbocycles. The summed E-state index contributed by atoms with van der Waals surface area (Å²) >= 11 is 6.22. The molecule has 30 heavy (non-hydrogen) atoms. The van der Waals surface area contributed by atoms with Gasteiger partial charge in [-0.2, -0.15) is 0 Å². The van der Waals surface area contributed by atoms with Gasteiger partial charge < -0.3 is 5.32 Å². The van der Waals surface area contributed by atoms with Crippen LogP contribution in [-0.2, 0) is 10.0 Å². The molecule has 0 saturated heterocycles. The Hall–Kier alpha value is -3.16. The van der Waals surface area contributed by atoms with Gasteiger partial charge >= 0.3 is 0 Å². The zero-order chi connectivity index (χ0) is 21.7. The molecule has 0 fully saturated rings. The number of benzene rings is 2. The lowest BCUT2D eigenvalue weighted by molar-refractivity contribution is 0.102. The van der Waals surface area contributed by atoms with Gasteiger partial charge in [-0.05, 0) is 49.4 Å². The fraction of sp³-hybridized carbons (Fsp3) is 0.0909. The van der Waals surface area contributed by atoms with Crippen LogP contribution in [0.4, 0.5) is 11.5 Å². The van der Waals surface area contributed by atoms with Crippen LogP contribution >= 0.6 is 11.6 Å². The van der Waals surface area contributed by atoms with Gasteiger partial charge in [0.2, 0.25) is 0 Å². The number of hydrogen-bond acceptors (Lipinski definition) is 4. The molecule has 3 rings (SSSR count). The van der Waals surface area contributed by atoms with Gasteiger partial charge in [-0.25, -0.2) is 13.4 Å². The monoisotopic (exact) mass is 441 g/mol. The largest absolute Gasteiger partial charge is 0.307 e. The molecule has 0 aliphatic rings. The predicted molar refractivity (Wildman–Crippen MR) is 120 cm³/mol. The van der Waals surface area contributed by atoms with Crippen LogP contribution in [0.25, 0.3) is 0 Å². The number of rotatable bonds is 7. The number of nitrogens with one attached hydrogen (secondary N) is 1. The number of amides is 1. The maximum atomic E-state index is 13.4. The van der Waals surface area contributed by atoms with Gasteiger partial charge in [0.25, 0.3) is 15.9 Å². The fourth-order valence-electron chi connectivity index (χ4n) is 2.82. The highest BCUT2D eigenvalue weighted by Gasteiger charge is 2.27. The van der Waals surface area contributed by atoms with Crippen molar-refractivity contribution in [2.45, 2.75) is 11.8 Å². The van der Waals surface area contributed by atoms with Crippen LogP contribution in [0.15, 0.2) is 84.3 Å². The summed E-state index contributed by atoms with van der Waals surface area (Å²) in [4.78, 5) is 16.7. The van der Waals surface area contributed by atoms with Crippen molar-refractivity contribution in [3.63, 3.8) is 0 Å². The molecule has 0 aliphatic carbocycles. The molecule has 1 heterocycles. The number of anilines is 2. The highest BCUT2D eigenvalue weighted by atomic mass is 35.5. The van der Waals surface area contributed by atoms with E-state index in [1.165, 1.54) is 28.6 Å². The molecule has 154 valence electrons. The minimum absolute atomic E-state index is 0.0187. The van der Waals surface area contributed by atoms with Gasteiger partial charge in [-0.1, -0.05) is 41.9 Å². The van der Waals surface area contributed by atoms with Crippen molar-refractivity contribution in [1.82, 2.24) is 4.98 Å². The summed E-state index contributed by atoms with van der Waals surface area (Å²) in [6.45, 7) is 5.50. The molecule has 1 N–H and O–H groups in total. The van der Waals surface area contributed by atoms with Gasteiger partial charge in [0.05, 0.1) is 17.3 Å². The van der Waals surface area contributed by atoms with Crippen LogP contribution in [0, 0.1) is 6.92 Å². The lowest BCUT2D eigenvalue weighted by Crippen LogP contribution is -2.31. The maximum Gasteiger partial charge on any atom is 0.266 e. The number of pyridine rings is 1. The second-order valence-electron chi connectivity index (χ2n) is 6.42. The number of aromatic nitrogens is 1. The Balaban J connectivity index is 1.99. The highest BCUT2D eigenvalue weighted by Crippen LogP contribution is 2.29. The third-order valence-corrected chi connectivity index (χ3v) is 6.51. The summed E-state index contributed by atoms with van der Waals surface area (Å²) in [5, 5.41) is 2.68. The lowest BCUT2D eigenvalue weighted by atomic mass is 10.2. The van der Waals surface area contributed by atoms with E-state index in [4.69, 9.17) is 11.6 Å². The predicted octanol–water partition coefficient (Wildman–Crippen LogP) is 4.68. The average molecular weight is 442 g/mol. The number of carbonyl (C=O) groups excluding carboxylic acids is 1. The summed E-state index contributed by atoms with van der Waals surface area (Å²) < 4.78 is 27.9. The minimum atomic E-state index is -4.05. The van der Waals surface area contributed by atoms with Gasteiger partial charge in [-0.3, -0.25) is 9.10 Å². The van der Waals surface area contributed by atoms with Crippen molar-refractivity contribution in [1.29, 1.82) is 0 Å². The molecule has 0 unspecified atom stereocenters. The fourth-order valence-corrected chi connectivity index (χ4v) is 4.75. The Kier molecular flexibility index (Phi) is 6.54. The molecule has 6 nitrogen and oxygen atoms in total. The Morgan fingerprint density at radius 3 is 2.53 bits per heavy atom. The smallest absolute Gasteiger partial charge is 0.266 e. The third-order valence-electron chi connectivity index (χ3n) is 4.23. The SMILES string of the molecule is C=CCN(c1ccccc1)S(=O)(=O)c1cc(C(=O)Nc2cccc(C)n2)ccc1Cl. The van der Waals surface area contributed by atoms with E-state index >= 15 is 0 Å². The first-order chi connectivity index (χ1) is 14.3. The highest BCUT2D eigenvalue weighted by molar-refractivity contribution is 7.93. The van der Waals surface area contributed by atoms with Crippen LogP contribution in [0.3, 0.4) is 0 Å². The Morgan fingerprint density at radius 2 is 1.87 bits per heavy atom. The molecule has 0 saturated carbocycles. The van der Waals surface area contributed by atoms with Gasteiger partial charge in [-0.15, -0.1) is 6.58 Å². The Morgan fingerprint density at radius 1 is 1.13 bits per heavy atom. The van der Waals surface area contributed by atoms with Crippen LogP contribution < -0.4 is 9.62 Å². The van der Waals surface area contributed by atoms with Crippen LogP contribution in [0.2, 0.25) is 5.02 Å². The Bertz CT molecular complexity index is 1180. The van der Waals surface area contributed by atoms with E-state index in [2.05, 4.69) is 16.9 Å². The van der Waals surface area contributed by atoms with Crippen LogP contribution in [0.1, 0.15) is 16.1 Å². The summed E-state index contributed by atoms with van der Waals surface area (Å²) in [7, 11) is -4.05. The number of nitrogens with zero attached hydrogens (tertiary/aromatic N) is 2. The molecule has 0 bridgehead atoms. The topological polar surface area (TPSA) is 79.4 Å². The van der Waals surface area contributed by atoms with E-state index in [0.29, 0.717) is 11.5 Å². The first-order valence-corrected chi connectivity index (χ1v) is 10.9. The van der Waals surface area contributed by atoms with Gasteiger partial charge in [0, 0.05) is 11.3 Å². The van der Waals surface area contributed by atoms with Gasteiger partial charge in [0.1, 0.15) is 10.7 Å². The minimum Gasteiger partial charge on any atom is -0.307 e. The second-order valence-corrected chi connectivity index (χ2v) is 8.66. The van der Waals surface area contributed by atoms with E-state index < -0.39 is 15.9 Å². The van der Waals surface area contributed by atoms with Crippen molar-refractivity contribution in [3.05, 3.63) is 95.7 Å². The number of hydrogen-bond donors (Lipinski definition) is 1. The number of aryl methyl sites for hydroxylation is 1. The molecule has 0 atom stereocenters. The standard InChI is InChI=1S/C22H20ClN3O3S/c1-3-14-26(18-9-5-4-6-10-18)30(28,29)20-15-17(12-13-19(20)23)22(27)25-21-11-7-8-16(2)24-21/h3-13,15H,1,14H2,2H3,(H,24,25,27). The molecule has 8 heteroatoms. The third kappa shape index (κ3) is 4.69. The molecular formula is C22H20ClN3O3S. The van der Waals surface area contributed by atoms with Crippen molar-refractivity contribution < 1.29 is 13.2 Å². The van der Waals surface area contributed by atoms with E-state index in [0.717, 1.165) is 5.69 Å². The Labute approximate surface area is 180 Å². The molecule has 3 aromatic rings. The van der Waals surface area contributed by atoms with Crippen molar-refractivity contribution >= 4 is 39.0 Å². The number of halogens is 1. The molecule has 0 aliphatic heterocycles. The zero-order valence-electron chi connectivity index (χ0n) is 16.2. The number of sulfonamides is 1. The molecule has 1 amide bonds. The second kappa shape index (κ2) is 9.11. The van der Waals surface area contributed by atoms with E-state index in [1.54, 1.807) is 55.5 Å². The van der Waals surface area contributed by atoms with Gasteiger partial charge in [0.15, 0.2) is 0 Å². The molecule has 0 radical (unpaired) electrons. The van der Waals surface area contributed by atoms with Crippen LogP contribution in [0.5, 0.6) is 0 Å². The number of para-hydroxylation sites is 1.